The summed E-state index contributed by atoms with van der Waals surface area (Å²) < 4.78 is 5.43. The summed E-state index contributed by atoms with van der Waals surface area (Å²) in [4.78, 5) is 11.9. The van der Waals surface area contributed by atoms with Crippen molar-refractivity contribution in [2.75, 3.05) is 0 Å². The average molecular weight is 211 g/mol. The molecule has 2 bridgehead atoms. The minimum atomic E-state index is -0.360. The molecule has 4 unspecified atom stereocenters. The average Bonchev–Trinajstić information content (AvgIpc) is 2.58. The van der Waals surface area contributed by atoms with E-state index in [2.05, 4.69) is 0 Å². The van der Waals surface area contributed by atoms with Crippen LogP contribution in [-0.4, -0.2) is 17.6 Å². The fraction of sp³-hybridized carbons (Fsp3) is 0.917. The van der Waals surface area contributed by atoms with Crippen molar-refractivity contribution in [3.05, 3.63) is 0 Å². The molecule has 0 aromatic heterocycles. The van der Waals surface area contributed by atoms with E-state index in [1.54, 1.807) is 0 Å². The third-order valence-electron chi connectivity index (χ3n) is 3.62. The third-order valence-corrected chi connectivity index (χ3v) is 3.62. The SMILES string of the molecule is CC(C)(C)OC(=O)C1CC2CC1CC2N. The van der Waals surface area contributed by atoms with Gasteiger partial charge in [0, 0.05) is 6.04 Å². The Labute approximate surface area is 91.4 Å². The van der Waals surface area contributed by atoms with Crippen LogP contribution in [0.2, 0.25) is 0 Å². The van der Waals surface area contributed by atoms with Gasteiger partial charge in [-0.1, -0.05) is 0 Å². The summed E-state index contributed by atoms with van der Waals surface area (Å²) in [5.41, 5.74) is 5.60. The van der Waals surface area contributed by atoms with Crippen molar-refractivity contribution in [2.24, 2.45) is 23.5 Å². The lowest BCUT2D eigenvalue weighted by Gasteiger charge is -2.27. The van der Waals surface area contributed by atoms with Crippen LogP contribution in [-0.2, 0) is 9.53 Å². The first kappa shape index (κ1) is 10.9. The highest BCUT2D eigenvalue weighted by Gasteiger charge is 2.48. The van der Waals surface area contributed by atoms with Gasteiger partial charge < -0.3 is 10.5 Å². The lowest BCUT2D eigenvalue weighted by Crippen LogP contribution is -2.36. The van der Waals surface area contributed by atoms with E-state index in [1.807, 2.05) is 20.8 Å². The van der Waals surface area contributed by atoms with E-state index in [1.165, 1.54) is 0 Å². The van der Waals surface area contributed by atoms with Gasteiger partial charge >= 0.3 is 5.97 Å². The van der Waals surface area contributed by atoms with Gasteiger partial charge in [0.15, 0.2) is 0 Å². The molecule has 0 heterocycles. The summed E-state index contributed by atoms with van der Waals surface area (Å²) in [6.45, 7) is 5.76. The number of nitrogens with two attached hydrogens (primary N) is 1. The van der Waals surface area contributed by atoms with Crippen molar-refractivity contribution in [2.45, 2.75) is 51.7 Å². The van der Waals surface area contributed by atoms with Crippen molar-refractivity contribution < 1.29 is 9.53 Å². The summed E-state index contributed by atoms with van der Waals surface area (Å²) >= 11 is 0. The van der Waals surface area contributed by atoms with Crippen LogP contribution in [0.4, 0.5) is 0 Å². The lowest BCUT2D eigenvalue weighted by atomic mass is 9.86. The molecule has 2 N–H and O–H groups in total. The molecular weight excluding hydrogens is 190 g/mol. The van der Waals surface area contributed by atoms with Gasteiger partial charge in [0.25, 0.3) is 0 Å². The zero-order valence-corrected chi connectivity index (χ0v) is 9.82. The number of carbonyl (C=O) groups excluding carboxylic acids is 1. The number of esters is 1. The number of fused-ring (bicyclic) bond motifs is 2. The second-order valence-corrected chi connectivity index (χ2v) is 6.03. The van der Waals surface area contributed by atoms with Gasteiger partial charge in [-0.05, 0) is 51.9 Å². The molecule has 0 spiro atoms. The summed E-state index contributed by atoms with van der Waals surface area (Å²) in [7, 11) is 0. The highest BCUT2D eigenvalue weighted by molar-refractivity contribution is 5.74. The van der Waals surface area contributed by atoms with Crippen molar-refractivity contribution >= 4 is 5.97 Å². The number of ether oxygens (including phenoxy) is 1. The second kappa shape index (κ2) is 3.48. The van der Waals surface area contributed by atoms with Crippen LogP contribution in [0.15, 0.2) is 0 Å². The van der Waals surface area contributed by atoms with Crippen LogP contribution in [0, 0.1) is 17.8 Å². The molecule has 3 heteroatoms. The Hall–Kier alpha value is -0.570. The Morgan fingerprint density at radius 2 is 1.87 bits per heavy atom. The summed E-state index contributed by atoms with van der Waals surface area (Å²) in [5.74, 6) is 1.16. The third kappa shape index (κ3) is 2.17. The van der Waals surface area contributed by atoms with E-state index in [0.29, 0.717) is 17.9 Å². The Morgan fingerprint density at radius 1 is 1.20 bits per heavy atom. The van der Waals surface area contributed by atoms with Crippen LogP contribution in [0.25, 0.3) is 0 Å². The van der Waals surface area contributed by atoms with E-state index in [4.69, 9.17) is 10.5 Å². The van der Waals surface area contributed by atoms with E-state index in [0.717, 1.165) is 19.3 Å². The molecule has 0 radical (unpaired) electrons. The molecule has 2 fully saturated rings. The minimum absolute atomic E-state index is 0.0121. The first-order valence-corrected chi connectivity index (χ1v) is 5.85. The second-order valence-electron chi connectivity index (χ2n) is 6.03. The summed E-state index contributed by atoms with van der Waals surface area (Å²) in [5, 5.41) is 0. The standard InChI is InChI=1S/C12H21NO2/c1-12(2,3)15-11(14)9-5-8-4-7(9)6-10(8)13/h7-10H,4-6,13H2,1-3H3. The molecule has 4 atom stereocenters. The van der Waals surface area contributed by atoms with Gasteiger partial charge in [0.2, 0.25) is 0 Å². The number of hydrogen-bond acceptors (Lipinski definition) is 3. The van der Waals surface area contributed by atoms with Crippen molar-refractivity contribution in [1.29, 1.82) is 0 Å². The van der Waals surface area contributed by atoms with Crippen LogP contribution in [0.5, 0.6) is 0 Å². The molecule has 3 nitrogen and oxygen atoms in total. The zero-order chi connectivity index (χ0) is 11.2. The van der Waals surface area contributed by atoms with E-state index >= 15 is 0 Å². The topological polar surface area (TPSA) is 52.3 Å². The Morgan fingerprint density at radius 3 is 2.27 bits per heavy atom. The molecule has 86 valence electrons. The fourth-order valence-corrected chi connectivity index (χ4v) is 2.99. The van der Waals surface area contributed by atoms with E-state index in [-0.39, 0.29) is 17.5 Å². The molecule has 0 aromatic carbocycles. The van der Waals surface area contributed by atoms with Gasteiger partial charge in [-0.3, -0.25) is 4.79 Å². The van der Waals surface area contributed by atoms with Crippen LogP contribution in [0.1, 0.15) is 40.0 Å². The minimum Gasteiger partial charge on any atom is -0.460 e. The van der Waals surface area contributed by atoms with Crippen molar-refractivity contribution in [3.8, 4) is 0 Å². The van der Waals surface area contributed by atoms with Gasteiger partial charge in [-0.15, -0.1) is 0 Å². The fourth-order valence-electron chi connectivity index (χ4n) is 2.99. The first-order chi connectivity index (χ1) is 6.87. The maximum absolute atomic E-state index is 11.9. The Kier molecular flexibility index (Phi) is 2.53. The molecule has 0 aromatic rings. The van der Waals surface area contributed by atoms with Gasteiger partial charge in [-0.2, -0.15) is 0 Å². The van der Waals surface area contributed by atoms with Crippen molar-refractivity contribution in [3.63, 3.8) is 0 Å². The lowest BCUT2D eigenvalue weighted by molar-refractivity contribution is -0.161. The first-order valence-electron chi connectivity index (χ1n) is 5.85. The Bertz CT molecular complexity index is 267. The molecule has 0 saturated heterocycles. The predicted octanol–water partition coefficient (Wildman–Crippen LogP) is 1.70. The van der Waals surface area contributed by atoms with Crippen LogP contribution in [0.3, 0.4) is 0 Å². The maximum Gasteiger partial charge on any atom is 0.309 e. The number of carbonyl (C=O) groups is 1. The molecule has 0 amide bonds. The summed E-state index contributed by atoms with van der Waals surface area (Å²) in [6.07, 6.45) is 3.08. The number of rotatable bonds is 1. The van der Waals surface area contributed by atoms with Gasteiger partial charge in [0.05, 0.1) is 5.92 Å². The highest BCUT2D eigenvalue weighted by Crippen LogP contribution is 2.48. The molecule has 2 aliphatic carbocycles. The maximum atomic E-state index is 11.9. The smallest absolute Gasteiger partial charge is 0.309 e. The van der Waals surface area contributed by atoms with Crippen molar-refractivity contribution in [1.82, 2.24) is 0 Å². The van der Waals surface area contributed by atoms with Gasteiger partial charge in [0.1, 0.15) is 5.60 Å². The Balaban J connectivity index is 1.94. The monoisotopic (exact) mass is 211 g/mol. The highest BCUT2D eigenvalue weighted by atomic mass is 16.6. The van der Waals surface area contributed by atoms with E-state index in [9.17, 15) is 4.79 Å². The normalized spacial score (nSPS) is 39.5. The molecule has 2 saturated carbocycles. The molecule has 15 heavy (non-hydrogen) atoms. The number of hydrogen-bond donors (Lipinski definition) is 1. The molecular formula is C12H21NO2. The van der Waals surface area contributed by atoms with Crippen LogP contribution < -0.4 is 5.73 Å². The largest absolute Gasteiger partial charge is 0.460 e. The van der Waals surface area contributed by atoms with E-state index < -0.39 is 0 Å². The predicted molar refractivity (Wildman–Crippen MR) is 58.1 cm³/mol. The quantitative estimate of drug-likeness (QED) is 0.672. The zero-order valence-electron chi connectivity index (χ0n) is 9.82. The molecule has 2 rings (SSSR count). The molecule has 2 aliphatic rings. The summed E-state index contributed by atoms with van der Waals surface area (Å²) in [6, 6.07) is 0.327. The molecule has 0 aliphatic heterocycles. The van der Waals surface area contributed by atoms with Crippen LogP contribution >= 0.6 is 0 Å². The van der Waals surface area contributed by atoms with Gasteiger partial charge in [-0.25, -0.2) is 0 Å².